The maximum absolute atomic E-state index is 11.4. The summed E-state index contributed by atoms with van der Waals surface area (Å²) in [7, 11) is 0. The zero-order valence-corrected chi connectivity index (χ0v) is 13.3. The zero-order valence-electron chi connectivity index (χ0n) is 13.3. The molecule has 0 aromatic carbocycles. The lowest BCUT2D eigenvalue weighted by molar-refractivity contribution is -0.189. The fourth-order valence-electron chi connectivity index (χ4n) is 1.23. The molecule has 0 amide bonds. The van der Waals surface area contributed by atoms with E-state index < -0.39 is 72.4 Å². The highest BCUT2D eigenvalue weighted by Crippen LogP contribution is 2.05. The molecule has 0 aromatic rings. The fraction of sp³-hybridized carbons (Fsp3) is 0.500. The van der Waals surface area contributed by atoms with Gasteiger partial charge in [-0.05, 0) is 0 Å². The SMILES string of the molecule is O=C(O)C(O)C(O)C(=O)OC(=O)C(O)C(O)C(=O)OC(=O)C(O)C(O)C(=O)O. The molecule has 0 aliphatic carbocycles. The number of hydrogen-bond donors (Lipinski definition) is 8. The number of aliphatic hydroxyl groups excluding tert-OH is 6. The molecule has 16 heteroatoms. The maximum atomic E-state index is 11.4. The molecule has 0 aliphatic rings. The highest BCUT2D eigenvalue weighted by atomic mass is 16.6. The van der Waals surface area contributed by atoms with Crippen LogP contribution in [0.25, 0.3) is 0 Å². The van der Waals surface area contributed by atoms with Crippen molar-refractivity contribution in [2.24, 2.45) is 0 Å². The van der Waals surface area contributed by atoms with Crippen molar-refractivity contribution in [2.75, 3.05) is 0 Å². The molecule has 6 atom stereocenters. The van der Waals surface area contributed by atoms with E-state index in [1.54, 1.807) is 0 Å². The molecule has 8 N–H and O–H groups in total. The molecule has 6 unspecified atom stereocenters. The van der Waals surface area contributed by atoms with E-state index in [0.29, 0.717) is 0 Å². The van der Waals surface area contributed by atoms with Crippen molar-refractivity contribution in [2.45, 2.75) is 36.6 Å². The number of carbonyl (C=O) groups is 6. The quantitative estimate of drug-likeness (QED) is 0.128. The number of aliphatic carboxylic acids is 2. The van der Waals surface area contributed by atoms with Gasteiger partial charge in [-0.2, -0.15) is 0 Å². The van der Waals surface area contributed by atoms with E-state index in [4.69, 9.17) is 30.6 Å². The van der Waals surface area contributed by atoms with Crippen molar-refractivity contribution in [3.63, 3.8) is 0 Å². The van der Waals surface area contributed by atoms with E-state index in [9.17, 15) is 39.0 Å². The third-order valence-corrected chi connectivity index (χ3v) is 2.77. The summed E-state index contributed by atoms with van der Waals surface area (Å²) in [5.74, 6) is -12.6. The van der Waals surface area contributed by atoms with Crippen LogP contribution in [-0.2, 0) is 38.2 Å². The molecule has 0 fully saturated rings. The molecule has 0 heterocycles. The average Bonchev–Trinajstić information content (AvgIpc) is 2.63. The van der Waals surface area contributed by atoms with Gasteiger partial charge in [0.25, 0.3) is 0 Å². The zero-order chi connectivity index (χ0) is 22.3. The molecule has 0 rings (SSSR count). The van der Waals surface area contributed by atoms with Gasteiger partial charge in [-0.15, -0.1) is 0 Å². The van der Waals surface area contributed by atoms with Crippen LogP contribution in [0.5, 0.6) is 0 Å². The van der Waals surface area contributed by atoms with Crippen molar-refractivity contribution in [1.82, 2.24) is 0 Å². The van der Waals surface area contributed by atoms with Gasteiger partial charge in [-0.1, -0.05) is 0 Å². The monoisotopic (exact) mass is 414 g/mol. The van der Waals surface area contributed by atoms with Crippen LogP contribution in [0.3, 0.4) is 0 Å². The third kappa shape index (κ3) is 6.61. The van der Waals surface area contributed by atoms with Gasteiger partial charge < -0.3 is 50.3 Å². The third-order valence-electron chi connectivity index (χ3n) is 2.77. The first-order chi connectivity index (χ1) is 12.7. The highest BCUT2D eigenvalue weighted by Gasteiger charge is 2.40. The number of carboxylic acid groups (broad SMARTS) is 2. The van der Waals surface area contributed by atoms with Gasteiger partial charge in [0.05, 0.1) is 0 Å². The Morgan fingerprint density at radius 3 is 0.786 bits per heavy atom. The van der Waals surface area contributed by atoms with Crippen molar-refractivity contribution in [1.29, 1.82) is 0 Å². The summed E-state index contributed by atoms with van der Waals surface area (Å²) in [4.78, 5) is 65.8. The number of carboxylic acids is 2. The largest absolute Gasteiger partial charge is 0.479 e. The lowest BCUT2D eigenvalue weighted by Gasteiger charge is -2.17. The second-order valence-electron chi connectivity index (χ2n) is 4.83. The van der Waals surface area contributed by atoms with Crippen LogP contribution in [0.1, 0.15) is 0 Å². The smallest absolute Gasteiger partial charge is 0.346 e. The number of ether oxygens (including phenoxy) is 2. The number of carbonyl (C=O) groups excluding carboxylic acids is 4. The second kappa shape index (κ2) is 10.3. The van der Waals surface area contributed by atoms with Crippen molar-refractivity contribution >= 4 is 35.8 Å². The predicted octanol–water partition coefficient (Wildman–Crippen LogP) is -6.54. The Labute approximate surface area is 152 Å². The Morgan fingerprint density at radius 2 is 0.607 bits per heavy atom. The minimum absolute atomic E-state index is 2.08. The number of rotatable bonds is 9. The van der Waals surface area contributed by atoms with Gasteiger partial charge in [0.1, 0.15) is 0 Å². The van der Waals surface area contributed by atoms with Crippen LogP contribution >= 0.6 is 0 Å². The van der Waals surface area contributed by atoms with Gasteiger partial charge in [0, 0.05) is 0 Å². The average molecular weight is 414 g/mol. The number of hydrogen-bond acceptors (Lipinski definition) is 14. The molecule has 28 heavy (non-hydrogen) atoms. The van der Waals surface area contributed by atoms with Gasteiger partial charge in [-0.3, -0.25) is 0 Å². The summed E-state index contributed by atoms with van der Waals surface area (Å²) in [5.41, 5.74) is 0. The molecule has 0 saturated carbocycles. The molecule has 0 radical (unpaired) electrons. The molecule has 0 aromatic heterocycles. The minimum Gasteiger partial charge on any atom is -0.479 e. The van der Waals surface area contributed by atoms with Crippen LogP contribution in [0.4, 0.5) is 0 Å². The van der Waals surface area contributed by atoms with Crippen LogP contribution in [0.2, 0.25) is 0 Å². The molecular formula is C12H14O16. The minimum atomic E-state index is -2.94. The molecule has 158 valence electrons. The maximum Gasteiger partial charge on any atom is 0.346 e. The van der Waals surface area contributed by atoms with Gasteiger partial charge in [0.15, 0.2) is 36.6 Å². The summed E-state index contributed by atoms with van der Waals surface area (Å²) in [6, 6.07) is 0. The van der Waals surface area contributed by atoms with Crippen molar-refractivity contribution < 1.29 is 79.1 Å². The van der Waals surface area contributed by atoms with E-state index >= 15 is 0 Å². The Hall–Kier alpha value is -3.02. The lowest BCUT2D eigenvalue weighted by atomic mass is 10.2. The summed E-state index contributed by atoms with van der Waals surface area (Å²) < 4.78 is 7.44. The van der Waals surface area contributed by atoms with Crippen molar-refractivity contribution in [3.8, 4) is 0 Å². The van der Waals surface area contributed by atoms with E-state index in [1.165, 1.54) is 0 Å². The van der Waals surface area contributed by atoms with Gasteiger partial charge >= 0.3 is 35.8 Å². The van der Waals surface area contributed by atoms with Crippen LogP contribution in [0.15, 0.2) is 0 Å². The fourth-order valence-corrected chi connectivity index (χ4v) is 1.23. The molecule has 0 spiro atoms. The summed E-state index contributed by atoms with van der Waals surface area (Å²) in [5, 5.41) is 71.3. The summed E-state index contributed by atoms with van der Waals surface area (Å²) >= 11 is 0. The second-order valence-corrected chi connectivity index (χ2v) is 4.83. The topological polar surface area (TPSA) is 283 Å². The summed E-state index contributed by atoms with van der Waals surface area (Å²) in [6.07, 6.45) is -16.9. The lowest BCUT2D eigenvalue weighted by Crippen LogP contribution is -2.47. The van der Waals surface area contributed by atoms with Crippen LogP contribution in [-0.4, -0.2) is 113 Å². The Morgan fingerprint density at radius 1 is 0.429 bits per heavy atom. The Kier molecular flexibility index (Phi) is 9.23. The van der Waals surface area contributed by atoms with Gasteiger partial charge in [0.2, 0.25) is 0 Å². The molecule has 0 saturated heterocycles. The van der Waals surface area contributed by atoms with Crippen LogP contribution in [0, 0.1) is 0 Å². The summed E-state index contributed by atoms with van der Waals surface area (Å²) in [6.45, 7) is 0. The normalized spacial score (nSPS) is 17.2. The van der Waals surface area contributed by atoms with E-state index in [0.717, 1.165) is 0 Å². The number of aliphatic hydroxyl groups is 6. The standard InChI is InChI=1S/C12H14O16/c13-1(7(19)20)3(15)9(23)27-11(25)5(17)6(18)12(26)28-10(24)4(16)2(14)8(21)22/h1-6,13-18H,(H,19,20)(H,21,22). The molecular weight excluding hydrogens is 400 g/mol. The highest BCUT2D eigenvalue weighted by molar-refractivity contribution is 5.97. The van der Waals surface area contributed by atoms with E-state index in [-0.39, 0.29) is 0 Å². The molecule has 0 aliphatic heterocycles. The predicted molar refractivity (Wildman–Crippen MR) is 73.5 cm³/mol. The van der Waals surface area contributed by atoms with Crippen molar-refractivity contribution in [3.05, 3.63) is 0 Å². The van der Waals surface area contributed by atoms with E-state index in [2.05, 4.69) is 9.47 Å². The van der Waals surface area contributed by atoms with Crippen LogP contribution < -0.4 is 0 Å². The first kappa shape index (κ1) is 25.0. The molecule has 16 nitrogen and oxygen atoms in total. The number of esters is 4. The Balaban J connectivity index is 4.89. The first-order valence-electron chi connectivity index (χ1n) is 6.77. The first-order valence-corrected chi connectivity index (χ1v) is 6.77. The molecule has 0 bridgehead atoms. The Bertz CT molecular complexity index is 598. The van der Waals surface area contributed by atoms with Gasteiger partial charge in [-0.25, -0.2) is 28.8 Å². The van der Waals surface area contributed by atoms with E-state index in [1.807, 2.05) is 0 Å².